The van der Waals surface area contributed by atoms with Crippen molar-refractivity contribution in [3.8, 4) is 17.2 Å². The first-order chi connectivity index (χ1) is 15.2. The zero-order valence-electron chi connectivity index (χ0n) is 17.3. The van der Waals surface area contributed by atoms with Crippen LogP contribution in [0.15, 0.2) is 47.7 Å². The molecule has 2 aromatic rings. The summed E-state index contributed by atoms with van der Waals surface area (Å²) in [7, 11) is 2.80. The number of hydrogen-bond donors (Lipinski definition) is 3. The molecule has 0 aromatic heterocycles. The van der Waals surface area contributed by atoms with Crippen molar-refractivity contribution in [1.29, 1.82) is 0 Å². The van der Waals surface area contributed by atoms with E-state index in [2.05, 4.69) is 20.7 Å². The Morgan fingerprint density at radius 1 is 1.12 bits per heavy atom. The lowest BCUT2D eigenvalue weighted by molar-refractivity contribution is -0.113. The summed E-state index contributed by atoms with van der Waals surface area (Å²) in [5, 5.41) is 9.54. The van der Waals surface area contributed by atoms with Gasteiger partial charge in [0, 0.05) is 16.8 Å². The monoisotopic (exact) mass is 483 g/mol. The fourth-order valence-electron chi connectivity index (χ4n) is 3.26. The van der Waals surface area contributed by atoms with Crippen LogP contribution in [0, 0.1) is 0 Å². The number of amides is 1. The fraction of sp³-hybridized carbons (Fsp3) is 0.238. The maximum absolute atomic E-state index is 13.3. The molecule has 1 unspecified atom stereocenters. The third-order valence-electron chi connectivity index (χ3n) is 4.66. The molecule has 0 aliphatic carbocycles. The van der Waals surface area contributed by atoms with Gasteiger partial charge in [-0.25, -0.2) is 0 Å². The second-order valence-corrected chi connectivity index (χ2v) is 7.50. The number of benzene rings is 2. The number of hydrogen-bond acceptors (Lipinski definition) is 5. The van der Waals surface area contributed by atoms with Crippen molar-refractivity contribution < 1.29 is 27.8 Å². The number of ether oxygens (including phenoxy) is 3. The molecule has 0 saturated heterocycles. The number of thiocarbonyl (C=S) groups is 1. The van der Waals surface area contributed by atoms with E-state index in [1.807, 2.05) is 0 Å². The Morgan fingerprint density at radius 2 is 1.84 bits per heavy atom. The number of halogens is 3. The van der Waals surface area contributed by atoms with Crippen LogP contribution in [0.25, 0.3) is 0 Å². The molecular weight excluding hydrogens is 464 g/mol. The Hall–Kier alpha value is -3.11. The van der Waals surface area contributed by atoms with E-state index in [0.717, 1.165) is 0 Å². The molecule has 0 fully saturated rings. The average Bonchev–Trinajstić information content (AvgIpc) is 2.74. The van der Waals surface area contributed by atoms with E-state index < -0.39 is 18.6 Å². The summed E-state index contributed by atoms with van der Waals surface area (Å²) >= 11 is 11.2. The SMILES string of the molecule is COc1cc(Cl)ccc1NC(=O)C1=C(C)NC(=S)NC1c1ccc(OC(F)F)c(OC)c1. The van der Waals surface area contributed by atoms with E-state index in [4.69, 9.17) is 33.3 Å². The molecule has 11 heteroatoms. The van der Waals surface area contributed by atoms with Gasteiger partial charge < -0.3 is 30.2 Å². The van der Waals surface area contributed by atoms with E-state index in [1.165, 1.54) is 26.4 Å². The molecule has 7 nitrogen and oxygen atoms in total. The highest BCUT2D eigenvalue weighted by molar-refractivity contribution is 7.80. The van der Waals surface area contributed by atoms with E-state index in [0.29, 0.717) is 38.4 Å². The largest absolute Gasteiger partial charge is 0.495 e. The quantitative estimate of drug-likeness (QED) is 0.504. The van der Waals surface area contributed by atoms with Gasteiger partial charge in [-0.15, -0.1) is 0 Å². The van der Waals surface area contributed by atoms with Crippen molar-refractivity contribution in [2.24, 2.45) is 0 Å². The molecule has 32 heavy (non-hydrogen) atoms. The molecule has 1 amide bonds. The lowest BCUT2D eigenvalue weighted by Gasteiger charge is -2.30. The summed E-state index contributed by atoms with van der Waals surface area (Å²) in [6.07, 6.45) is 0. The number of alkyl halides is 2. The van der Waals surface area contributed by atoms with E-state index in [1.54, 1.807) is 31.2 Å². The molecule has 2 aromatic carbocycles. The fourth-order valence-corrected chi connectivity index (χ4v) is 3.69. The van der Waals surface area contributed by atoms with Crippen molar-refractivity contribution in [3.05, 3.63) is 58.3 Å². The van der Waals surface area contributed by atoms with E-state index in [-0.39, 0.29) is 11.5 Å². The lowest BCUT2D eigenvalue weighted by atomic mass is 9.94. The topological polar surface area (TPSA) is 80.9 Å². The van der Waals surface area contributed by atoms with Gasteiger partial charge in [0.2, 0.25) is 0 Å². The smallest absolute Gasteiger partial charge is 0.387 e. The first kappa shape index (κ1) is 23.6. The summed E-state index contributed by atoms with van der Waals surface area (Å²) < 4.78 is 40.3. The second kappa shape index (κ2) is 10.0. The zero-order valence-corrected chi connectivity index (χ0v) is 18.9. The molecule has 0 saturated carbocycles. The van der Waals surface area contributed by atoms with Crippen molar-refractivity contribution in [2.75, 3.05) is 19.5 Å². The molecular formula is C21H20ClF2N3O4S. The van der Waals surface area contributed by atoms with Crippen LogP contribution in [0.4, 0.5) is 14.5 Å². The van der Waals surface area contributed by atoms with Gasteiger partial charge in [0.1, 0.15) is 5.75 Å². The van der Waals surface area contributed by atoms with Crippen LogP contribution in [0.1, 0.15) is 18.5 Å². The van der Waals surface area contributed by atoms with Crippen LogP contribution < -0.4 is 30.2 Å². The Labute approximate surface area is 193 Å². The molecule has 3 N–H and O–H groups in total. The molecule has 3 rings (SSSR count). The summed E-state index contributed by atoms with van der Waals surface area (Å²) in [4.78, 5) is 13.3. The Bertz CT molecular complexity index is 1080. The van der Waals surface area contributed by atoms with Crippen LogP contribution >= 0.6 is 23.8 Å². The van der Waals surface area contributed by atoms with Gasteiger partial charge in [-0.1, -0.05) is 17.7 Å². The van der Waals surface area contributed by atoms with E-state index >= 15 is 0 Å². The average molecular weight is 484 g/mol. The number of allylic oxidation sites excluding steroid dienone is 1. The molecule has 1 atom stereocenters. The second-order valence-electron chi connectivity index (χ2n) is 6.66. The first-order valence-corrected chi connectivity index (χ1v) is 10.1. The molecule has 170 valence electrons. The predicted molar refractivity (Wildman–Crippen MR) is 121 cm³/mol. The summed E-state index contributed by atoms with van der Waals surface area (Å²) in [6, 6.07) is 8.54. The molecule has 1 heterocycles. The van der Waals surface area contributed by atoms with Crippen molar-refractivity contribution in [1.82, 2.24) is 10.6 Å². The van der Waals surface area contributed by atoms with Gasteiger partial charge in [-0.3, -0.25) is 4.79 Å². The van der Waals surface area contributed by atoms with Gasteiger partial charge in [-0.05, 0) is 49.0 Å². The summed E-state index contributed by atoms with van der Waals surface area (Å²) in [5.41, 5.74) is 1.84. The minimum atomic E-state index is -3.00. The lowest BCUT2D eigenvalue weighted by Crippen LogP contribution is -2.45. The Balaban J connectivity index is 1.98. The normalized spacial score (nSPS) is 15.7. The van der Waals surface area contributed by atoms with Gasteiger partial charge >= 0.3 is 6.61 Å². The molecule has 0 spiro atoms. The standard InChI is InChI=1S/C21H20ClF2N3O4S/c1-10-17(19(28)26-13-6-5-12(22)9-15(13)29-2)18(27-21(32)25-10)11-4-7-14(31-20(23)24)16(8-11)30-3/h4-9,18,20H,1-3H3,(H,26,28)(H2,25,27,32). The van der Waals surface area contributed by atoms with Crippen LogP contribution in [0.5, 0.6) is 17.2 Å². The minimum Gasteiger partial charge on any atom is -0.495 e. The molecule has 0 radical (unpaired) electrons. The number of anilines is 1. The van der Waals surface area contributed by atoms with Crippen LogP contribution in [-0.2, 0) is 4.79 Å². The zero-order chi connectivity index (χ0) is 23.4. The van der Waals surface area contributed by atoms with Gasteiger partial charge in [0.25, 0.3) is 5.91 Å². The first-order valence-electron chi connectivity index (χ1n) is 9.29. The van der Waals surface area contributed by atoms with Crippen molar-refractivity contribution >= 4 is 40.5 Å². The number of methoxy groups -OCH3 is 2. The minimum absolute atomic E-state index is 0.0887. The summed E-state index contributed by atoms with van der Waals surface area (Å²) in [6.45, 7) is -1.29. The van der Waals surface area contributed by atoms with Crippen LogP contribution in [-0.4, -0.2) is 31.9 Å². The third kappa shape index (κ3) is 5.20. The van der Waals surface area contributed by atoms with Gasteiger partial charge in [0.05, 0.1) is 31.5 Å². The maximum atomic E-state index is 13.3. The van der Waals surface area contributed by atoms with Crippen LogP contribution in [0.3, 0.4) is 0 Å². The molecule has 1 aliphatic rings. The van der Waals surface area contributed by atoms with Crippen molar-refractivity contribution in [2.45, 2.75) is 19.6 Å². The highest BCUT2D eigenvalue weighted by atomic mass is 35.5. The Kier molecular flexibility index (Phi) is 7.37. The third-order valence-corrected chi connectivity index (χ3v) is 5.12. The maximum Gasteiger partial charge on any atom is 0.387 e. The predicted octanol–water partition coefficient (Wildman–Crippen LogP) is 4.39. The number of nitrogens with one attached hydrogen (secondary N) is 3. The number of carbonyl (C=O) groups is 1. The molecule has 0 bridgehead atoms. The highest BCUT2D eigenvalue weighted by Gasteiger charge is 2.31. The Morgan fingerprint density at radius 3 is 2.50 bits per heavy atom. The molecule has 1 aliphatic heterocycles. The van der Waals surface area contributed by atoms with E-state index in [9.17, 15) is 13.6 Å². The van der Waals surface area contributed by atoms with Gasteiger partial charge in [0.15, 0.2) is 16.6 Å². The highest BCUT2D eigenvalue weighted by Crippen LogP contribution is 2.36. The number of rotatable bonds is 7. The van der Waals surface area contributed by atoms with Gasteiger partial charge in [-0.2, -0.15) is 8.78 Å². The summed E-state index contributed by atoms with van der Waals surface area (Å²) in [5.74, 6) is -0.0724. The number of carbonyl (C=O) groups excluding carboxylic acids is 1. The van der Waals surface area contributed by atoms with Crippen LogP contribution in [0.2, 0.25) is 5.02 Å². The van der Waals surface area contributed by atoms with Crippen molar-refractivity contribution in [3.63, 3.8) is 0 Å².